The van der Waals surface area contributed by atoms with Gasteiger partial charge >= 0.3 is 0 Å². The summed E-state index contributed by atoms with van der Waals surface area (Å²) >= 11 is 3.73. The zero-order valence-electron chi connectivity index (χ0n) is 8.94. The zero-order chi connectivity index (χ0) is 9.56. The van der Waals surface area contributed by atoms with Crippen molar-refractivity contribution in [3.63, 3.8) is 0 Å². The quantitative estimate of drug-likeness (QED) is 0.589. The van der Waals surface area contributed by atoms with Crippen LogP contribution in [0.4, 0.5) is 0 Å². The van der Waals surface area contributed by atoms with E-state index < -0.39 is 0 Å². The molecule has 0 bridgehead atoms. The zero-order valence-corrected chi connectivity index (χ0v) is 10.5. The highest BCUT2D eigenvalue weighted by Crippen LogP contribution is 2.19. The minimum Gasteiger partial charge on any atom is -0.0891 e. The summed E-state index contributed by atoms with van der Waals surface area (Å²) in [5, 5.41) is 0. The van der Waals surface area contributed by atoms with Crippen molar-refractivity contribution in [2.24, 2.45) is 11.8 Å². The molecule has 1 heteroatoms. The monoisotopic (exact) mass is 234 g/mol. The number of hydrogen-bond donors (Lipinski definition) is 0. The van der Waals surface area contributed by atoms with Gasteiger partial charge in [0.05, 0.1) is 0 Å². The lowest BCUT2D eigenvalue weighted by Gasteiger charge is -2.12. The van der Waals surface area contributed by atoms with E-state index in [1.807, 2.05) is 0 Å². The smallest absolute Gasteiger partial charge is 0.0146 e. The van der Waals surface area contributed by atoms with Gasteiger partial charge < -0.3 is 0 Å². The van der Waals surface area contributed by atoms with E-state index in [1.165, 1.54) is 25.7 Å². The Morgan fingerprint density at radius 2 is 1.08 bits per heavy atom. The fourth-order valence-electron chi connectivity index (χ4n) is 1.17. The standard InChI is InChI=1S/C11H23Br/c1-9(2)5-7-11(12)8-6-10(3)4/h9-11H,5-8H2,1-4H3. The predicted molar refractivity (Wildman–Crippen MR) is 60.9 cm³/mol. The maximum atomic E-state index is 3.73. The van der Waals surface area contributed by atoms with Crippen LogP contribution < -0.4 is 0 Å². The van der Waals surface area contributed by atoms with Crippen molar-refractivity contribution < 1.29 is 0 Å². The van der Waals surface area contributed by atoms with Gasteiger partial charge in [0.25, 0.3) is 0 Å². The molecule has 0 aromatic carbocycles. The molecule has 0 saturated heterocycles. The first-order chi connectivity index (χ1) is 5.52. The summed E-state index contributed by atoms with van der Waals surface area (Å²) in [5.41, 5.74) is 0. The third-order valence-electron chi connectivity index (χ3n) is 2.11. The Labute approximate surface area is 86.3 Å². The molecule has 0 saturated carbocycles. The van der Waals surface area contributed by atoms with Crippen molar-refractivity contribution in [2.75, 3.05) is 0 Å². The van der Waals surface area contributed by atoms with Gasteiger partial charge in [-0.3, -0.25) is 0 Å². The van der Waals surface area contributed by atoms with E-state index in [-0.39, 0.29) is 0 Å². The molecule has 0 fully saturated rings. The molecule has 0 aliphatic rings. The van der Waals surface area contributed by atoms with Gasteiger partial charge in [-0.25, -0.2) is 0 Å². The van der Waals surface area contributed by atoms with Crippen LogP contribution in [-0.2, 0) is 0 Å². The molecule has 0 unspecified atom stereocenters. The largest absolute Gasteiger partial charge is 0.0891 e. The van der Waals surface area contributed by atoms with Crippen molar-refractivity contribution in [1.82, 2.24) is 0 Å². The second-order valence-electron chi connectivity index (χ2n) is 4.54. The summed E-state index contributed by atoms with van der Waals surface area (Å²) < 4.78 is 0. The molecule has 0 aliphatic heterocycles. The second kappa shape index (κ2) is 6.94. The highest BCUT2D eigenvalue weighted by molar-refractivity contribution is 9.09. The van der Waals surface area contributed by atoms with Crippen LogP contribution >= 0.6 is 15.9 Å². The van der Waals surface area contributed by atoms with Crippen molar-refractivity contribution in [3.8, 4) is 0 Å². The van der Waals surface area contributed by atoms with Gasteiger partial charge in [-0.1, -0.05) is 43.6 Å². The molecule has 0 heterocycles. The Bertz CT molecular complexity index is 85.2. The molecule has 12 heavy (non-hydrogen) atoms. The minimum absolute atomic E-state index is 0.752. The number of alkyl halides is 1. The highest BCUT2D eigenvalue weighted by Gasteiger charge is 2.06. The molecule has 0 N–H and O–H groups in total. The molecule has 74 valence electrons. The fraction of sp³-hybridized carbons (Fsp3) is 1.00. The SMILES string of the molecule is CC(C)CCC(Br)CCC(C)C. The maximum absolute atomic E-state index is 3.73. The van der Waals surface area contributed by atoms with E-state index in [0.29, 0.717) is 0 Å². The van der Waals surface area contributed by atoms with Gasteiger partial charge in [-0.05, 0) is 37.5 Å². The van der Waals surface area contributed by atoms with Crippen molar-refractivity contribution in [2.45, 2.75) is 58.2 Å². The fourth-order valence-corrected chi connectivity index (χ4v) is 1.70. The maximum Gasteiger partial charge on any atom is 0.0146 e. The van der Waals surface area contributed by atoms with Crippen LogP contribution in [0, 0.1) is 11.8 Å². The third-order valence-corrected chi connectivity index (χ3v) is 3.03. The lowest BCUT2D eigenvalue weighted by atomic mass is 10.0. The molecule has 0 rings (SSSR count). The highest BCUT2D eigenvalue weighted by atomic mass is 79.9. The molecular formula is C11H23Br. The molecule has 0 aromatic heterocycles. The number of halogens is 1. The first-order valence-electron chi connectivity index (χ1n) is 5.16. The second-order valence-corrected chi connectivity index (χ2v) is 5.83. The Hall–Kier alpha value is 0.480. The summed E-state index contributed by atoms with van der Waals surface area (Å²) in [6, 6.07) is 0. The molecule has 0 radical (unpaired) electrons. The predicted octanol–water partition coefficient (Wildman–Crippen LogP) is 4.62. The van der Waals surface area contributed by atoms with Gasteiger partial charge in [-0.15, -0.1) is 0 Å². The van der Waals surface area contributed by atoms with E-state index in [9.17, 15) is 0 Å². The Kier molecular flexibility index (Phi) is 7.22. The van der Waals surface area contributed by atoms with Gasteiger partial charge in [0, 0.05) is 4.83 Å². The van der Waals surface area contributed by atoms with Gasteiger partial charge in [0.2, 0.25) is 0 Å². The summed E-state index contributed by atoms with van der Waals surface area (Å²) in [6.45, 7) is 9.18. The van der Waals surface area contributed by atoms with Gasteiger partial charge in [-0.2, -0.15) is 0 Å². The van der Waals surface area contributed by atoms with Crippen LogP contribution in [-0.4, -0.2) is 4.83 Å². The normalized spacial score (nSPS) is 12.0. The van der Waals surface area contributed by atoms with E-state index in [4.69, 9.17) is 0 Å². The Balaban J connectivity index is 3.27. The summed E-state index contributed by atoms with van der Waals surface area (Å²) in [4.78, 5) is 0.752. The molecule has 0 aliphatic carbocycles. The van der Waals surface area contributed by atoms with Crippen LogP contribution in [0.1, 0.15) is 53.4 Å². The van der Waals surface area contributed by atoms with Crippen molar-refractivity contribution in [1.29, 1.82) is 0 Å². The summed E-state index contributed by atoms with van der Waals surface area (Å²) in [6.07, 6.45) is 5.39. The first kappa shape index (κ1) is 12.5. The molecular weight excluding hydrogens is 212 g/mol. The van der Waals surface area contributed by atoms with Crippen LogP contribution in [0.15, 0.2) is 0 Å². The molecule has 0 nitrogen and oxygen atoms in total. The number of rotatable bonds is 6. The number of hydrogen-bond acceptors (Lipinski definition) is 0. The van der Waals surface area contributed by atoms with Crippen molar-refractivity contribution >= 4 is 15.9 Å². The van der Waals surface area contributed by atoms with Gasteiger partial charge in [0.1, 0.15) is 0 Å². The minimum atomic E-state index is 0.752. The average Bonchev–Trinajstić information content (AvgIpc) is 1.96. The lowest BCUT2D eigenvalue weighted by molar-refractivity contribution is 0.498. The van der Waals surface area contributed by atoms with Crippen LogP contribution in [0.3, 0.4) is 0 Å². The lowest BCUT2D eigenvalue weighted by Crippen LogP contribution is -2.02. The topological polar surface area (TPSA) is 0 Å². The van der Waals surface area contributed by atoms with Crippen LogP contribution in [0.2, 0.25) is 0 Å². The molecule has 0 aromatic rings. The van der Waals surface area contributed by atoms with Crippen LogP contribution in [0.5, 0.6) is 0 Å². The van der Waals surface area contributed by atoms with E-state index in [0.717, 1.165) is 16.7 Å². The van der Waals surface area contributed by atoms with Gasteiger partial charge in [0.15, 0.2) is 0 Å². The van der Waals surface area contributed by atoms with Crippen molar-refractivity contribution in [3.05, 3.63) is 0 Å². The average molecular weight is 235 g/mol. The molecule has 0 amide bonds. The van der Waals surface area contributed by atoms with E-state index >= 15 is 0 Å². The van der Waals surface area contributed by atoms with Crippen LogP contribution in [0.25, 0.3) is 0 Å². The van der Waals surface area contributed by atoms with E-state index in [2.05, 4.69) is 43.6 Å². The molecule has 0 spiro atoms. The van der Waals surface area contributed by atoms with E-state index in [1.54, 1.807) is 0 Å². The molecule has 0 atom stereocenters. The third kappa shape index (κ3) is 8.58. The Morgan fingerprint density at radius 1 is 0.750 bits per heavy atom. The summed E-state index contributed by atoms with van der Waals surface area (Å²) in [7, 11) is 0. The summed E-state index contributed by atoms with van der Waals surface area (Å²) in [5.74, 6) is 1.70. The Morgan fingerprint density at radius 3 is 1.33 bits per heavy atom. The first-order valence-corrected chi connectivity index (χ1v) is 6.08.